The number of hydrogen-bond acceptors (Lipinski definition) is 1. The summed E-state index contributed by atoms with van der Waals surface area (Å²) in [4.78, 5) is 0. The largest absolute Gasteiger partial charge is 0.269 e. The fraction of sp³-hybridized carbons (Fsp3) is 0.308. The van der Waals surface area contributed by atoms with Crippen molar-refractivity contribution in [2.45, 2.75) is 26.3 Å². The number of halogens is 4. The van der Waals surface area contributed by atoms with Gasteiger partial charge in [-0.2, -0.15) is 5.10 Å². The minimum Gasteiger partial charge on any atom is -0.269 e. The van der Waals surface area contributed by atoms with Gasteiger partial charge in [0.05, 0.1) is 10.6 Å². The molecule has 6 heteroatoms. The van der Waals surface area contributed by atoms with Crippen molar-refractivity contribution in [3.05, 3.63) is 40.8 Å². The molecule has 0 aliphatic heterocycles. The fourth-order valence-corrected chi connectivity index (χ4v) is 1.82. The third-order valence-electron chi connectivity index (χ3n) is 2.72. The van der Waals surface area contributed by atoms with E-state index in [1.54, 1.807) is 0 Å². The number of alkyl halides is 2. The highest BCUT2D eigenvalue weighted by Crippen LogP contribution is 2.32. The lowest BCUT2D eigenvalue weighted by Crippen LogP contribution is -2.00. The van der Waals surface area contributed by atoms with E-state index in [0.717, 1.165) is 6.07 Å². The Morgan fingerprint density at radius 1 is 1.26 bits per heavy atom. The molecule has 0 unspecified atom stereocenters. The molecule has 2 aromatic rings. The van der Waals surface area contributed by atoms with Gasteiger partial charge in [-0.05, 0) is 26.0 Å². The molecule has 0 N–H and O–H groups in total. The maximum Gasteiger partial charge on any atom is 0.267 e. The average Bonchev–Trinajstić information content (AvgIpc) is 2.78. The van der Waals surface area contributed by atoms with Crippen LogP contribution in [-0.2, 0) is 0 Å². The number of nitrogens with zero attached hydrogens (tertiary/aromatic N) is 2. The second-order valence-electron chi connectivity index (χ2n) is 4.44. The van der Waals surface area contributed by atoms with E-state index < -0.39 is 12.2 Å². The standard InChI is InChI=1S/C13H12ClF3N2/c1-7(2)19-6-9(13(16)17)12(18-19)8-3-4-10(14)11(15)5-8/h3-7,13H,1-2H3. The van der Waals surface area contributed by atoms with Gasteiger partial charge in [-0.3, -0.25) is 4.68 Å². The van der Waals surface area contributed by atoms with Gasteiger partial charge >= 0.3 is 0 Å². The highest BCUT2D eigenvalue weighted by molar-refractivity contribution is 6.30. The topological polar surface area (TPSA) is 17.8 Å². The molecule has 0 fully saturated rings. The minimum atomic E-state index is -2.67. The zero-order chi connectivity index (χ0) is 14.2. The molecule has 19 heavy (non-hydrogen) atoms. The molecule has 102 valence electrons. The Kier molecular flexibility index (Phi) is 3.85. The average molecular weight is 289 g/mol. The van der Waals surface area contributed by atoms with Gasteiger partial charge in [-0.15, -0.1) is 0 Å². The molecule has 0 amide bonds. The second-order valence-corrected chi connectivity index (χ2v) is 4.84. The number of benzene rings is 1. The van der Waals surface area contributed by atoms with Crippen LogP contribution in [0.3, 0.4) is 0 Å². The van der Waals surface area contributed by atoms with Crippen LogP contribution in [0.15, 0.2) is 24.4 Å². The molecule has 0 saturated heterocycles. The van der Waals surface area contributed by atoms with E-state index in [9.17, 15) is 13.2 Å². The van der Waals surface area contributed by atoms with E-state index in [0.29, 0.717) is 0 Å². The van der Waals surface area contributed by atoms with Gasteiger partial charge in [-0.25, -0.2) is 13.2 Å². The van der Waals surface area contributed by atoms with E-state index in [2.05, 4.69) is 5.10 Å². The van der Waals surface area contributed by atoms with Crippen LogP contribution in [0.1, 0.15) is 31.9 Å². The summed E-state index contributed by atoms with van der Waals surface area (Å²) in [5, 5.41) is 4.05. The molecule has 1 heterocycles. The molecule has 0 aliphatic rings. The smallest absolute Gasteiger partial charge is 0.267 e. The second kappa shape index (κ2) is 5.25. The lowest BCUT2D eigenvalue weighted by atomic mass is 10.1. The van der Waals surface area contributed by atoms with E-state index in [4.69, 9.17) is 11.6 Å². The SMILES string of the molecule is CC(C)n1cc(C(F)F)c(-c2ccc(Cl)c(F)c2)n1. The summed E-state index contributed by atoms with van der Waals surface area (Å²) < 4.78 is 40.8. The van der Waals surface area contributed by atoms with E-state index in [1.165, 1.54) is 23.0 Å². The summed E-state index contributed by atoms with van der Waals surface area (Å²) in [5.74, 6) is -0.654. The molecule has 1 aromatic heterocycles. The Morgan fingerprint density at radius 2 is 1.95 bits per heavy atom. The highest BCUT2D eigenvalue weighted by Gasteiger charge is 2.20. The Bertz CT molecular complexity index is 594. The van der Waals surface area contributed by atoms with Gasteiger partial charge in [0.15, 0.2) is 0 Å². The van der Waals surface area contributed by atoms with Crippen LogP contribution < -0.4 is 0 Å². The van der Waals surface area contributed by atoms with Crippen molar-refractivity contribution in [2.24, 2.45) is 0 Å². The molecule has 0 aliphatic carbocycles. The van der Waals surface area contributed by atoms with Crippen LogP contribution in [0, 0.1) is 5.82 Å². The Hall–Kier alpha value is -1.49. The van der Waals surface area contributed by atoms with Crippen LogP contribution in [0.5, 0.6) is 0 Å². The van der Waals surface area contributed by atoms with Gasteiger partial charge in [0.25, 0.3) is 6.43 Å². The summed E-state index contributed by atoms with van der Waals surface area (Å²) in [6, 6.07) is 3.87. The van der Waals surface area contributed by atoms with Crippen molar-refractivity contribution in [1.82, 2.24) is 9.78 Å². The zero-order valence-electron chi connectivity index (χ0n) is 10.4. The molecular formula is C13H12ClF3N2. The van der Waals surface area contributed by atoms with Crippen LogP contribution in [0.25, 0.3) is 11.3 Å². The van der Waals surface area contributed by atoms with Crippen molar-refractivity contribution in [1.29, 1.82) is 0 Å². The third kappa shape index (κ3) is 2.76. The molecule has 1 aromatic carbocycles. The van der Waals surface area contributed by atoms with E-state index in [1.807, 2.05) is 13.8 Å². The predicted molar refractivity (Wildman–Crippen MR) is 68.0 cm³/mol. The summed E-state index contributed by atoms with van der Waals surface area (Å²) in [5.41, 5.74) is 0.159. The molecular weight excluding hydrogens is 277 g/mol. The molecule has 0 saturated carbocycles. The van der Waals surface area contributed by atoms with Crippen molar-refractivity contribution in [3.63, 3.8) is 0 Å². The molecule has 0 bridgehead atoms. The van der Waals surface area contributed by atoms with Gasteiger partial charge in [-0.1, -0.05) is 17.7 Å². The summed E-state index contributed by atoms with van der Waals surface area (Å²) in [6.07, 6.45) is -1.38. The molecule has 0 atom stereocenters. The van der Waals surface area contributed by atoms with Crippen molar-refractivity contribution >= 4 is 11.6 Å². The maximum atomic E-state index is 13.4. The first-order valence-corrected chi connectivity index (χ1v) is 6.10. The summed E-state index contributed by atoms with van der Waals surface area (Å²) >= 11 is 5.58. The first kappa shape index (κ1) is 13.9. The monoisotopic (exact) mass is 288 g/mol. The molecule has 0 radical (unpaired) electrons. The van der Waals surface area contributed by atoms with Crippen LogP contribution in [0.4, 0.5) is 13.2 Å². The quantitative estimate of drug-likeness (QED) is 0.788. The van der Waals surface area contributed by atoms with Crippen LogP contribution in [0.2, 0.25) is 5.02 Å². The first-order valence-electron chi connectivity index (χ1n) is 5.72. The van der Waals surface area contributed by atoms with E-state index >= 15 is 0 Å². The molecule has 0 spiro atoms. The van der Waals surface area contributed by atoms with Crippen molar-refractivity contribution in [3.8, 4) is 11.3 Å². The normalized spacial score (nSPS) is 11.6. The number of hydrogen-bond donors (Lipinski definition) is 0. The molecule has 2 nitrogen and oxygen atoms in total. The number of rotatable bonds is 3. The molecule has 2 rings (SSSR count). The van der Waals surface area contributed by atoms with Gasteiger partial charge in [0.1, 0.15) is 11.5 Å². The lowest BCUT2D eigenvalue weighted by Gasteiger charge is -2.04. The maximum absolute atomic E-state index is 13.4. The van der Waals surface area contributed by atoms with Crippen LogP contribution in [-0.4, -0.2) is 9.78 Å². The first-order chi connectivity index (χ1) is 8.90. The van der Waals surface area contributed by atoms with Gasteiger partial charge in [0.2, 0.25) is 0 Å². The Morgan fingerprint density at radius 3 is 2.47 bits per heavy atom. The number of aromatic nitrogens is 2. The third-order valence-corrected chi connectivity index (χ3v) is 3.02. The van der Waals surface area contributed by atoms with Crippen molar-refractivity contribution in [2.75, 3.05) is 0 Å². The van der Waals surface area contributed by atoms with Gasteiger partial charge in [0, 0.05) is 17.8 Å². The predicted octanol–water partition coefficient (Wildman–Crippen LogP) is 4.86. The van der Waals surface area contributed by atoms with Gasteiger partial charge < -0.3 is 0 Å². The minimum absolute atomic E-state index is 0.0503. The Labute approximate surface area is 113 Å². The Balaban J connectivity index is 2.56. The lowest BCUT2D eigenvalue weighted by molar-refractivity contribution is 0.152. The summed E-state index contributed by atoms with van der Waals surface area (Å²) in [6.45, 7) is 3.66. The van der Waals surface area contributed by atoms with Crippen LogP contribution >= 0.6 is 11.6 Å². The highest BCUT2D eigenvalue weighted by atomic mass is 35.5. The van der Waals surface area contributed by atoms with E-state index in [-0.39, 0.29) is 27.9 Å². The summed E-state index contributed by atoms with van der Waals surface area (Å²) in [7, 11) is 0. The van der Waals surface area contributed by atoms with Crippen molar-refractivity contribution < 1.29 is 13.2 Å². The zero-order valence-corrected chi connectivity index (χ0v) is 11.1. The fourth-order valence-electron chi connectivity index (χ4n) is 1.70.